The number of hydrogen-bond acceptors (Lipinski definition) is 8. The first-order valence-electron chi connectivity index (χ1n) is 11.1. The molecule has 0 unspecified atom stereocenters. The average molecular weight is 491 g/mol. The van der Waals surface area contributed by atoms with Crippen LogP contribution in [0.2, 0.25) is 0 Å². The summed E-state index contributed by atoms with van der Waals surface area (Å²) in [5.41, 5.74) is 1.84. The molecule has 0 N–H and O–H groups in total. The van der Waals surface area contributed by atoms with Gasteiger partial charge in [-0.05, 0) is 60.2 Å². The Balaban J connectivity index is 1.93. The highest BCUT2D eigenvalue weighted by Gasteiger charge is 2.27. The first-order chi connectivity index (χ1) is 17.5. The summed E-state index contributed by atoms with van der Waals surface area (Å²) >= 11 is 0. The Bertz CT molecular complexity index is 1310. The molecule has 8 nitrogen and oxygen atoms in total. The zero-order valence-electron chi connectivity index (χ0n) is 20.5. The molecule has 0 bridgehead atoms. The Morgan fingerprint density at radius 1 is 0.750 bits per heavy atom. The van der Waals surface area contributed by atoms with E-state index in [4.69, 9.17) is 28.4 Å². The molecule has 3 aromatic rings. The quantitative estimate of drug-likeness (QED) is 0.246. The Kier molecular flexibility index (Phi) is 7.44. The molecule has 0 aromatic heterocycles. The summed E-state index contributed by atoms with van der Waals surface area (Å²) in [7, 11) is 5.92. The fourth-order valence-electron chi connectivity index (χ4n) is 3.98. The molecular weight excluding hydrogens is 464 g/mol. The van der Waals surface area contributed by atoms with Crippen molar-refractivity contribution < 1.29 is 38.0 Å². The number of carbonyl (C=O) groups is 2. The van der Waals surface area contributed by atoms with E-state index < -0.39 is 5.97 Å². The van der Waals surface area contributed by atoms with Gasteiger partial charge in [-0.3, -0.25) is 4.79 Å². The number of hydrogen-bond donors (Lipinski definition) is 0. The fraction of sp³-hybridized carbons (Fsp3) is 0.214. The lowest BCUT2D eigenvalue weighted by Crippen LogP contribution is -2.15. The van der Waals surface area contributed by atoms with Gasteiger partial charge >= 0.3 is 5.97 Å². The predicted molar refractivity (Wildman–Crippen MR) is 132 cm³/mol. The summed E-state index contributed by atoms with van der Waals surface area (Å²) in [4.78, 5) is 27.1. The van der Waals surface area contributed by atoms with Gasteiger partial charge in [0.05, 0.1) is 34.0 Å². The third-order valence-corrected chi connectivity index (χ3v) is 5.83. The van der Waals surface area contributed by atoms with Crippen LogP contribution in [0.25, 0.3) is 5.57 Å². The summed E-state index contributed by atoms with van der Waals surface area (Å²) in [5, 5.41) is 0. The van der Waals surface area contributed by atoms with E-state index in [-0.39, 0.29) is 30.1 Å². The van der Waals surface area contributed by atoms with E-state index in [9.17, 15) is 9.59 Å². The van der Waals surface area contributed by atoms with Crippen LogP contribution in [0.5, 0.6) is 28.7 Å². The van der Waals surface area contributed by atoms with Gasteiger partial charge in [0.1, 0.15) is 17.2 Å². The summed E-state index contributed by atoms with van der Waals surface area (Å²) < 4.78 is 32.2. The molecule has 186 valence electrons. The smallest absolute Gasteiger partial charge is 0.338 e. The normalized spacial score (nSPS) is 12.4. The summed E-state index contributed by atoms with van der Waals surface area (Å²) in [5.74, 6) is 1.77. The van der Waals surface area contributed by atoms with Gasteiger partial charge in [-0.25, -0.2) is 4.79 Å². The first kappa shape index (κ1) is 24.7. The number of esters is 1. The lowest BCUT2D eigenvalue weighted by Gasteiger charge is -2.17. The zero-order chi connectivity index (χ0) is 25.7. The number of ether oxygens (including phenoxy) is 6. The molecule has 0 saturated heterocycles. The molecule has 36 heavy (non-hydrogen) atoms. The number of allylic oxidation sites excluding steroid dienone is 1. The Morgan fingerprint density at radius 3 is 2.08 bits per heavy atom. The standard InChI is InChI=1S/C28H26O8/c1-31-20-8-5-17(6-9-20)27(29)22(14-19-13-21(32-2)10-12-23(19)33-3)26(28(30)34-4)18-7-11-24-25(15-18)36-16-35-24/h5-13,15H,14,16H2,1-4H3/b26-22-. The summed E-state index contributed by atoms with van der Waals surface area (Å²) in [6, 6.07) is 17.0. The number of Topliss-reactive ketones (excluding diaryl/α,β-unsaturated/α-hetero) is 1. The molecule has 0 fully saturated rings. The van der Waals surface area contributed by atoms with Gasteiger partial charge in [-0.15, -0.1) is 0 Å². The van der Waals surface area contributed by atoms with Gasteiger partial charge < -0.3 is 28.4 Å². The Morgan fingerprint density at radius 2 is 1.42 bits per heavy atom. The number of fused-ring (bicyclic) bond motifs is 1. The maximum atomic E-state index is 13.9. The molecule has 4 rings (SSSR count). The lowest BCUT2D eigenvalue weighted by atomic mass is 9.89. The van der Waals surface area contributed by atoms with Crippen LogP contribution in [0.3, 0.4) is 0 Å². The van der Waals surface area contributed by atoms with Crippen molar-refractivity contribution in [2.24, 2.45) is 0 Å². The summed E-state index contributed by atoms with van der Waals surface area (Å²) in [6.07, 6.45) is 0.0735. The van der Waals surface area contributed by atoms with Crippen molar-refractivity contribution in [1.29, 1.82) is 0 Å². The molecule has 1 aliphatic rings. The maximum absolute atomic E-state index is 13.9. The third kappa shape index (κ3) is 4.98. The molecule has 0 radical (unpaired) electrons. The lowest BCUT2D eigenvalue weighted by molar-refractivity contribution is -0.133. The molecule has 1 heterocycles. The number of carbonyl (C=O) groups excluding carboxylic acids is 2. The van der Waals surface area contributed by atoms with Crippen LogP contribution in [0.15, 0.2) is 66.2 Å². The molecule has 0 aliphatic carbocycles. The van der Waals surface area contributed by atoms with E-state index in [0.717, 1.165) is 0 Å². The third-order valence-electron chi connectivity index (χ3n) is 5.83. The Labute approximate surface area is 209 Å². The minimum Gasteiger partial charge on any atom is -0.497 e. The van der Waals surface area contributed by atoms with Crippen LogP contribution in [-0.4, -0.2) is 47.0 Å². The number of rotatable bonds is 9. The van der Waals surface area contributed by atoms with Crippen molar-refractivity contribution in [3.05, 3.63) is 82.9 Å². The highest BCUT2D eigenvalue weighted by molar-refractivity contribution is 6.27. The van der Waals surface area contributed by atoms with Crippen molar-refractivity contribution in [1.82, 2.24) is 0 Å². The molecule has 8 heteroatoms. The Hall–Kier alpha value is -4.46. The van der Waals surface area contributed by atoms with Crippen molar-refractivity contribution in [3.63, 3.8) is 0 Å². The minimum atomic E-state index is -0.660. The number of benzene rings is 3. The largest absolute Gasteiger partial charge is 0.497 e. The first-order valence-corrected chi connectivity index (χ1v) is 11.1. The molecule has 0 spiro atoms. The van der Waals surface area contributed by atoms with Crippen molar-refractivity contribution in [3.8, 4) is 28.7 Å². The van der Waals surface area contributed by atoms with Gasteiger partial charge in [0.2, 0.25) is 6.79 Å². The second-order valence-corrected chi connectivity index (χ2v) is 7.83. The van der Waals surface area contributed by atoms with Crippen molar-refractivity contribution in [2.75, 3.05) is 35.2 Å². The van der Waals surface area contributed by atoms with E-state index in [1.165, 1.54) is 7.11 Å². The number of methoxy groups -OCH3 is 4. The van der Waals surface area contributed by atoms with Gasteiger partial charge in [-0.1, -0.05) is 6.07 Å². The van der Waals surface area contributed by atoms with Gasteiger partial charge in [0.25, 0.3) is 0 Å². The molecule has 1 aliphatic heterocycles. The maximum Gasteiger partial charge on any atom is 0.338 e. The molecule has 0 atom stereocenters. The monoisotopic (exact) mass is 490 g/mol. The summed E-state index contributed by atoms with van der Waals surface area (Å²) in [6.45, 7) is 0.0781. The molecular formula is C28H26O8. The topological polar surface area (TPSA) is 89.5 Å². The van der Waals surface area contributed by atoms with Gasteiger partial charge in [0.15, 0.2) is 17.3 Å². The van der Waals surface area contributed by atoms with Gasteiger partial charge in [0, 0.05) is 23.1 Å². The number of ketones is 1. The predicted octanol–water partition coefficient (Wildman–Crippen LogP) is 4.49. The highest BCUT2D eigenvalue weighted by atomic mass is 16.7. The van der Waals surface area contributed by atoms with Gasteiger partial charge in [-0.2, -0.15) is 0 Å². The second-order valence-electron chi connectivity index (χ2n) is 7.83. The SMILES string of the molecule is COC(=O)/C(=C(/Cc1cc(OC)ccc1OC)C(=O)c1ccc(OC)cc1)c1ccc2c(c1)OCO2. The molecule has 0 saturated carbocycles. The van der Waals surface area contributed by atoms with E-state index >= 15 is 0 Å². The highest BCUT2D eigenvalue weighted by Crippen LogP contribution is 2.37. The van der Waals surface area contributed by atoms with E-state index in [1.54, 1.807) is 82.0 Å². The van der Waals surface area contributed by atoms with Crippen LogP contribution in [0, 0.1) is 0 Å². The van der Waals surface area contributed by atoms with E-state index in [0.29, 0.717) is 45.4 Å². The molecule has 0 amide bonds. The second kappa shape index (κ2) is 10.9. The van der Waals surface area contributed by atoms with Crippen LogP contribution < -0.4 is 23.7 Å². The van der Waals surface area contributed by atoms with Crippen molar-refractivity contribution >= 4 is 17.3 Å². The van der Waals surface area contributed by atoms with Crippen LogP contribution in [-0.2, 0) is 16.0 Å². The fourth-order valence-corrected chi connectivity index (χ4v) is 3.98. The van der Waals surface area contributed by atoms with E-state index in [1.807, 2.05) is 0 Å². The van der Waals surface area contributed by atoms with E-state index in [2.05, 4.69) is 0 Å². The molecule has 3 aromatic carbocycles. The van der Waals surface area contributed by atoms with Crippen LogP contribution >= 0.6 is 0 Å². The minimum absolute atomic E-state index is 0.0735. The zero-order valence-corrected chi connectivity index (χ0v) is 20.5. The van der Waals surface area contributed by atoms with Crippen LogP contribution in [0.4, 0.5) is 0 Å². The average Bonchev–Trinajstić information content (AvgIpc) is 3.40. The van der Waals surface area contributed by atoms with Crippen molar-refractivity contribution in [2.45, 2.75) is 6.42 Å². The van der Waals surface area contributed by atoms with Crippen LogP contribution in [0.1, 0.15) is 21.5 Å².